The van der Waals surface area contributed by atoms with Crippen LogP contribution in [-0.2, 0) is 11.2 Å². The summed E-state index contributed by atoms with van der Waals surface area (Å²) in [5.74, 6) is 6.33. The Morgan fingerprint density at radius 2 is 1.69 bits per heavy atom. The third-order valence-corrected chi connectivity index (χ3v) is 5.52. The standard InChI is InChI=1S/C28H27NO6/c1-17(2)25-16-24(35-28-18(3)13-21(14-19(28)4)8-12-26(30)31)15-22(27(25)32)9-5-20-6-10-23(11-7-20)29(33)34/h6-7,10-11,13-17,32H,8,12H2,1-4H3,(H,30,31). The zero-order valence-electron chi connectivity index (χ0n) is 20.1. The minimum atomic E-state index is -0.840. The van der Waals surface area contributed by atoms with Gasteiger partial charge in [0.1, 0.15) is 17.2 Å². The third-order valence-electron chi connectivity index (χ3n) is 5.52. The van der Waals surface area contributed by atoms with Crippen LogP contribution in [0.3, 0.4) is 0 Å². The van der Waals surface area contributed by atoms with Gasteiger partial charge in [0.2, 0.25) is 0 Å². The van der Waals surface area contributed by atoms with Crippen molar-refractivity contribution in [1.82, 2.24) is 0 Å². The van der Waals surface area contributed by atoms with Crippen LogP contribution in [-0.4, -0.2) is 21.1 Å². The van der Waals surface area contributed by atoms with Gasteiger partial charge in [0.05, 0.1) is 10.5 Å². The van der Waals surface area contributed by atoms with E-state index in [1.54, 1.807) is 24.3 Å². The summed E-state index contributed by atoms with van der Waals surface area (Å²) in [6.07, 6.45) is 0.502. The number of ether oxygens (including phenoxy) is 1. The number of hydrogen-bond acceptors (Lipinski definition) is 5. The number of nitro groups is 1. The molecule has 0 aliphatic carbocycles. The Kier molecular flexibility index (Phi) is 7.77. The molecule has 0 aliphatic heterocycles. The van der Waals surface area contributed by atoms with Crippen LogP contribution in [0.1, 0.15) is 59.6 Å². The fourth-order valence-electron chi connectivity index (χ4n) is 3.74. The molecule has 0 saturated heterocycles. The number of carboxylic acid groups (broad SMARTS) is 1. The van der Waals surface area contributed by atoms with Crippen molar-refractivity contribution in [3.8, 4) is 29.1 Å². The molecule has 0 bridgehead atoms. The van der Waals surface area contributed by atoms with E-state index >= 15 is 0 Å². The number of hydrogen-bond donors (Lipinski definition) is 2. The van der Waals surface area contributed by atoms with Gasteiger partial charge in [-0.25, -0.2) is 0 Å². The van der Waals surface area contributed by atoms with Crippen molar-refractivity contribution < 1.29 is 24.7 Å². The lowest BCUT2D eigenvalue weighted by atomic mass is 9.98. The zero-order chi connectivity index (χ0) is 25.7. The number of phenolic OH excluding ortho intramolecular Hbond substituents is 1. The first-order valence-electron chi connectivity index (χ1n) is 11.2. The molecule has 0 atom stereocenters. The van der Waals surface area contributed by atoms with Gasteiger partial charge in [-0.3, -0.25) is 14.9 Å². The molecule has 0 saturated carbocycles. The maximum atomic E-state index is 10.9. The molecule has 3 aromatic carbocycles. The highest BCUT2D eigenvalue weighted by molar-refractivity contribution is 5.67. The summed E-state index contributed by atoms with van der Waals surface area (Å²) in [6.45, 7) is 7.73. The van der Waals surface area contributed by atoms with E-state index in [1.165, 1.54) is 12.1 Å². The van der Waals surface area contributed by atoms with Gasteiger partial charge in [-0.2, -0.15) is 0 Å². The van der Waals surface area contributed by atoms with Crippen LogP contribution in [0, 0.1) is 35.8 Å². The quantitative estimate of drug-likeness (QED) is 0.238. The maximum absolute atomic E-state index is 10.9. The first-order chi connectivity index (χ1) is 16.5. The smallest absolute Gasteiger partial charge is 0.303 e. The summed E-state index contributed by atoms with van der Waals surface area (Å²) < 4.78 is 6.23. The van der Waals surface area contributed by atoms with Gasteiger partial charge in [-0.1, -0.05) is 37.8 Å². The Labute approximate surface area is 204 Å². The summed E-state index contributed by atoms with van der Waals surface area (Å²) in [5.41, 5.74) is 4.32. The number of non-ortho nitro benzene ring substituents is 1. The van der Waals surface area contributed by atoms with Crippen LogP contribution in [0.2, 0.25) is 0 Å². The second kappa shape index (κ2) is 10.7. The third kappa shape index (κ3) is 6.39. The van der Waals surface area contributed by atoms with Crippen molar-refractivity contribution in [3.05, 3.63) is 92.0 Å². The first-order valence-corrected chi connectivity index (χ1v) is 11.2. The molecule has 35 heavy (non-hydrogen) atoms. The zero-order valence-corrected chi connectivity index (χ0v) is 20.1. The number of nitro benzene ring substituents is 1. The first kappa shape index (κ1) is 25.3. The molecule has 0 aromatic heterocycles. The molecule has 0 fully saturated rings. The minimum Gasteiger partial charge on any atom is -0.506 e. The van der Waals surface area contributed by atoms with E-state index in [2.05, 4.69) is 11.8 Å². The Morgan fingerprint density at radius 3 is 2.23 bits per heavy atom. The molecule has 3 rings (SSSR count). The Bertz CT molecular complexity index is 1310. The molecular weight excluding hydrogens is 446 g/mol. The number of carbonyl (C=O) groups is 1. The molecule has 2 N–H and O–H groups in total. The molecule has 0 unspecified atom stereocenters. The van der Waals surface area contributed by atoms with E-state index in [0.717, 1.165) is 16.7 Å². The van der Waals surface area contributed by atoms with Crippen molar-refractivity contribution in [1.29, 1.82) is 0 Å². The Hall–Kier alpha value is -4.31. The van der Waals surface area contributed by atoms with Crippen LogP contribution in [0.4, 0.5) is 5.69 Å². The summed E-state index contributed by atoms with van der Waals surface area (Å²) in [5, 5.41) is 30.6. The van der Waals surface area contributed by atoms with Crippen molar-refractivity contribution in [2.75, 3.05) is 0 Å². The van der Waals surface area contributed by atoms with Gasteiger partial charge in [0, 0.05) is 35.7 Å². The molecule has 0 spiro atoms. The Balaban J connectivity index is 1.96. The fraction of sp³-hybridized carbons (Fsp3) is 0.250. The number of aliphatic carboxylic acids is 1. The molecule has 0 aliphatic rings. The van der Waals surface area contributed by atoms with Crippen molar-refractivity contribution in [2.24, 2.45) is 0 Å². The molecule has 180 valence electrons. The highest BCUT2D eigenvalue weighted by atomic mass is 16.6. The van der Waals surface area contributed by atoms with E-state index in [-0.39, 0.29) is 23.8 Å². The number of nitrogens with zero attached hydrogens (tertiary/aromatic N) is 1. The van der Waals surface area contributed by atoms with Gasteiger partial charge >= 0.3 is 5.97 Å². The Morgan fingerprint density at radius 1 is 1.06 bits per heavy atom. The molecule has 7 nitrogen and oxygen atoms in total. The van der Waals surface area contributed by atoms with Crippen LogP contribution < -0.4 is 4.74 Å². The van der Waals surface area contributed by atoms with E-state index in [1.807, 2.05) is 39.8 Å². The van der Waals surface area contributed by atoms with E-state index < -0.39 is 10.9 Å². The summed E-state index contributed by atoms with van der Waals surface area (Å²) in [7, 11) is 0. The predicted octanol–water partition coefficient (Wildman–Crippen LogP) is 6.25. The van der Waals surface area contributed by atoms with E-state index in [4.69, 9.17) is 9.84 Å². The predicted molar refractivity (Wildman–Crippen MR) is 133 cm³/mol. The topological polar surface area (TPSA) is 110 Å². The van der Waals surface area contributed by atoms with Crippen LogP contribution >= 0.6 is 0 Å². The molecule has 0 amide bonds. The van der Waals surface area contributed by atoms with Crippen molar-refractivity contribution >= 4 is 11.7 Å². The van der Waals surface area contributed by atoms with Crippen LogP contribution in [0.5, 0.6) is 17.2 Å². The minimum absolute atomic E-state index is 0.0130. The SMILES string of the molecule is Cc1cc(CCC(=O)O)cc(C)c1Oc1cc(C#Cc2ccc([N+](=O)[O-])cc2)c(O)c(C(C)C)c1. The molecule has 0 radical (unpaired) electrons. The van der Waals surface area contributed by atoms with Crippen LogP contribution in [0.25, 0.3) is 0 Å². The lowest BCUT2D eigenvalue weighted by Gasteiger charge is -2.17. The number of aromatic hydroxyl groups is 1. The molecule has 3 aromatic rings. The van der Waals surface area contributed by atoms with Gasteiger partial charge in [-0.15, -0.1) is 0 Å². The molecule has 0 heterocycles. The van der Waals surface area contributed by atoms with Crippen LogP contribution in [0.15, 0.2) is 48.5 Å². The molecule has 7 heteroatoms. The summed E-state index contributed by atoms with van der Waals surface area (Å²) in [6, 6.07) is 13.2. The highest BCUT2D eigenvalue weighted by Gasteiger charge is 2.15. The molecular formula is C28H27NO6. The average Bonchev–Trinajstić information content (AvgIpc) is 2.80. The maximum Gasteiger partial charge on any atom is 0.303 e. The van der Waals surface area contributed by atoms with E-state index in [9.17, 15) is 20.0 Å². The lowest BCUT2D eigenvalue weighted by Crippen LogP contribution is -2.00. The van der Waals surface area contributed by atoms with E-state index in [0.29, 0.717) is 34.6 Å². The normalized spacial score (nSPS) is 10.5. The largest absolute Gasteiger partial charge is 0.506 e. The highest BCUT2D eigenvalue weighted by Crippen LogP contribution is 2.37. The van der Waals surface area contributed by atoms with Gasteiger partial charge in [0.25, 0.3) is 5.69 Å². The second-order valence-corrected chi connectivity index (χ2v) is 8.67. The van der Waals surface area contributed by atoms with Gasteiger partial charge < -0.3 is 14.9 Å². The number of carboxylic acids is 1. The summed E-state index contributed by atoms with van der Waals surface area (Å²) in [4.78, 5) is 21.3. The fourth-order valence-corrected chi connectivity index (χ4v) is 3.74. The van der Waals surface area contributed by atoms with Crippen molar-refractivity contribution in [2.45, 2.75) is 46.5 Å². The van der Waals surface area contributed by atoms with Gasteiger partial charge in [0.15, 0.2) is 0 Å². The van der Waals surface area contributed by atoms with Crippen molar-refractivity contribution in [3.63, 3.8) is 0 Å². The second-order valence-electron chi connectivity index (χ2n) is 8.67. The number of benzene rings is 3. The average molecular weight is 474 g/mol. The number of aryl methyl sites for hydroxylation is 3. The number of phenols is 1. The lowest BCUT2D eigenvalue weighted by molar-refractivity contribution is -0.384. The summed E-state index contributed by atoms with van der Waals surface area (Å²) >= 11 is 0. The monoisotopic (exact) mass is 473 g/mol. The van der Waals surface area contributed by atoms with Gasteiger partial charge in [-0.05, 0) is 61.1 Å². The number of rotatable bonds is 7.